The number of pyridine rings is 1. The fourth-order valence-corrected chi connectivity index (χ4v) is 1.40. The SMILES string of the molecule is CCC.CCc1ccn2c(C)ncc2c1. The molecule has 0 saturated heterocycles. The van der Waals surface area contributed by atoms with Crippen molar-refractivity contribution < 1.29 is 0 Å². The normalized spacial score (nSPS) is 9.87. The number of hydrogen-bond donors (Lipinski definition) is 0. The molecule has 2 heterocycles. The van der Waals surface area contributed by atoms with Crippen molar-refractivity contribution in [3.8, 4) is 0 Å². The van der Waals surface area contributed by atoms with Crippen molar-refractivity contribution >= 4 is 5.52 Å². The van der Waals surface area contributed by atoms with Crippen LogP contribution in [0.25, 0.3) is 5.52 Å². The molecule has 0 aliphatic heterocycles. The minimum absolute atomic E-state index is 1.05. The average molecular weight is 204 g/mol. The standard InChI is InChI=1S/C10H12N2.C3H8/c1-3-9-4-5-12-8(2)11-7-10(12)6-9;1-3-2/h4-7H,3H2,1-2H3;3H2,1-2H3. The lowest BCUT2D eigenvalue weighted by Gasteiger charge is -1.98. The van der Waals surface area contributed by atoms with E-state index >= 15 is 0 Å². The maximum absolute atomic E-state index is 4.23. The van der Waals surface area contributed by atoms with Gasteiger partial charge in [0, 0.05) is 6.20 Å². The van der Waals surface area contributed by atoms with Gasteiger partial charge in [-0.05, 0) is 31.0 Å². The van der Waals surface area contributed by atoms with E-state index in [-0.39, 0.29) is 0 Å². The molecule has 2 nitrogen and oxygen atoms in total. The number of rotatable bonds is 1. The van der Waals surface area contributed by atoms with E-state index in [9.17, 15) is 0 Å². The highest BCUT2D eigenvalue weighted by atomic mass is 15.0. The van der Waals surface area contributed by atoms with E-state index in [4.69, 9.17) is 0 Å². The first-order chi connectivity index (χ1) is 7.22. The molecule has 0 radical (unpaired) electrons. The summed E-state index contributed by atoms with van der Waals surface area (Å²) < 4.78 is 2.10. The lowest BCUT2D eigenvalue weighted by molar-refractivity contribution is 1.03. The van der Waals surface area contributed by atoms with Gasteiger partial charge in [-0.2, -0.15) is 0 Å². The van der Waals surface area contributed by atoms with Crippen LogP contribution in [0.3, 0.4) is 0 Å². The van der Waals surface area contributed by atoms with Gasteiger partial charge in [0.2, 0.25) is 0 Å². The van der Waals surface area contributed by atoms with Crippen LogP contribution >= 0.6 is 0 Å². The van der Waals surface area contributed by atoms with Crippen LogP contribution < -0.4 is 0 Å². The van der Waals surface area contributed by atoms with Crippen molar-refractivity contribution in [3.05, 3.63) is 35.9 Å². The first-order valence-electron chi connectivity index (χ1n) is 5.65. The van der Waals surface area contributed by atoms with Gasteiger partial charge in [-0.25, -0.2) is 4.98 Å². The zero-order valence-corrected chi connectivity index (χ0v) is 10.1. The third kappa shape index (κ3) is 2.82. The van der Waals surface area contributed by atoms with Crippen LogP contribution in [0.15, 0.2) is 24.5 Å². The Bertz CT molecular complexity index is 415. The summed E-state index contributed by atoms with van der Waals surface area (Å²) >= 11 is 0. The summed E-state index contributed by atoms with van der Waals surface area (Å²) in [5.41, 5.74) is 2.55. The van der Waals surface area contributed by atoms with Crippen molar-refractivity contribution in [3.63, 3.8) is 0 Å². The average Bonchev–Trinajstić information content (AvgIpc) is 2.61. The minimum Gasteiger partial charge on any atom is -0.304 e. The van der Waals surface area contributed by atoms with Gasteiger partial charge in [-0.1, -0.05) is 27.2 Å². The monoisotopic (exact) mass is 204 g/mol. The summed E-state index contributed by atoms with van der Waals surface area (Å²) in [5.74, 6) is 1.05. The number of imidazole rings is 1. The Morgan fingerprint density at radius 2 is 1.93 bits per heavy atom. The summed E-state index contributed by atoms with van der Waals surface area (Å²) in [6.45, 7) is 8.42. The number of aryl methyl sites for hydroxylation is 2. The number of hydrogen-bond acceptors (Lipinski definition) is 1. The summed E-state index contributed by atoms with van der Waals surface area (Å²) in [7, 11) is 0. The molecular formula is C13H20N2. The second kappa shape index (κ2) is 5.54. The Hall–Kier alpha value is -1.31. The maximum Gasteiger partial charge on any atom is 0.110 e. The van der Waals surface area contributed by atoms with E-state index in [0.717, 1.165) is 12.2 Å². The first-order valence-corrected chi connectivity index (χ1v) is 5.65. The van der Waals surface area contributed by atoms with Gasteiger partial charge in [0.15, 0.2) is 0 Å². The second-order valence-corrected chi connectivity index (χ2v) is 3.70. The fourth-order valence-electron chi connectivity index (χ4n) is 1.40. The molecule has 0 unspecified atom stereocenters. The number of nitrogens with zero attached hydrogens (tertiary/aromatic N) is 2. The van der Waals surface area contributed by atoms with Crippen LogP contribution in [0.1, 0.15) is 38.6 Å². The van der Waals surface area contributed by atoms with Gasteiger partial charge in [-0.3, -0.25) is 0 Å². The van der Waals surface area contributed by atoms with Crippen molar-refractivity contribution in [1.29, 1.82) is 0 Å². The second-order valence-electron chi connectivity index (χ2n) is 3.70. The zero-order valence-electron chi connectivity index (χ0n) is 10.1. The summed E-state index contributed by atoms with van der Waals surface area (Å²) in [5, 5.41) is 0. The Morgan fingerprint density at radius 1 is 1.27 bits per heavy atom. The summed E-state index contributed by atoms with van der Waals surface area (Å²) in [6.07, 6.45) is 6.33. The zero-order chi connectivity index (χ0) is 11.3. The largest absolute Gasteiger partial charge is 0.304 e. The summed E-state index contributed by atoms with van der Waals surface area (Å²) in [4.78, 5) is 4.23. The smallest absolute Gasteiger partial charge is 0.110 e. The molecule has 2 rings (SSSR count). The maximum atomic E-state index is 4.23. The van der Waals surface area contributed by atoms with Gasteiger partial charge >= 0.3 is 0 Å². The first kappa shape index (κ1) is 11.8. The van der Waals surface area contributed by atoms with Crippen LogP contribution in [0.5, 0.6) is 0 Å². The molecule has 15 heavy (non-hydrogen) atoms. The predicted octanol–water partition coefficient (Wildman–Crippen LogP) is 3.62. The molecule has 0 fully saturated rings. The highest BCUT2D eigenvalue weighted by Gasteiger charge is 1.97. The van der Waals surface area contributed by atoms with E-state index in [1.54, 1.807) is 0 Å². The molecule has 2 heteroatoms. The predicted molar refractivity (Wildman–Crippen MR) is 65.3 cm³/mol. The van der Waals surface area contributed by atoms with Crippen molar-refractivity contribution in [1.82, 2.24) is 9.38 Å². The molecule has 0 bridgehead atoms. The number of fused-ring (bicyclic) bond motifs is 1. The molecule has 0 saturated carbocycles. The van der Waals surface area contributed by atoms with Crippen molar-refractivity contribution in [2.75, 3.05) is 0 Å². The van der Waals surface area contributed by atoms with Crippen LogP contribution in [0.4, 0.5) is 0 Å². The molecule has 0 atom stereocenters. The molecule has 0 aliphatic rings. The van der Waals surface area contributed by atoms with Crippen LogP contribution in [0.2, 0.25) is 0 Å². The van der Waals surface area contributed by atoms with Crippen molar-refractivity contribution in [2.45, 2.75) is 40.5 Å². The van der Waals surface area contributed by atoms with E-state index in [1.807, 2.05) is 13.1 Å². The van der Waals surface area contributed by atoms with Gasteiger partial charge in [0.05, 0.1) is 11.7 Å². The topological polar surface area (TPSA) is 17.3 Å². The lowest BCUT2D eigenvalue weighted by Crippen LogP contribution is -1.88. The molecule has 0 aromatic carbocycles. The molecule has 0 spiro atoms. The minimum atomic E-state index is 1.05. The molecule has 0 aliphatic carbocycles. The molecule has 82 valence electrons. The van der Waals surface area contributed by atoms with E-state index in [0.29, 0.717) is 0 Å². The van der Waals surface area contributed by atoms with Crippen LogP contribution in [0, 0.1) is 6.92 Å². The molecule has 0 N–H and O–H groups in total. The molecule has 0 amide bonds. The van der Waals surface area contributed by atoms with Crippen LogP contribution in [-0.2, 0) is 6.42 Å². The van der Waals surface area contributed by atoms with Gasteiger partial charge in [0.1, 0.15) is 5.82 Å². The van der Waals surface area contributed by atoms with E-state index < -0.39 is 0 Å². The summed E-state index contributed by atoms with van der Waals surface area (Å²) in [6, 6.07) is 4.32. The van der Waals surface area contributed by atoms with Gasteiger partial charge < -0.3 is 4.40 Å². The van der Waals surface area contributed by atoms with E-state index in [1.165, 1.54) is 17.5 Å². The van der Waals surface area contributed by atoms with E-state index in [2.05, 4.69) is 48.5 Å². The molecule has 2 aromatic rings. The third-order valence-electron chi connectivity index (χ3n) is 2.19. The highest BCUT2D eigenvalue weighted by Crippen LogP contribution is 2.09. The fraction of sp³-hybridized carbons (Fsp3) is 0.462. The quantitative estimate of drug-likeness (QED) is 0.693. The van der Waals surface area contributed by atoms with Crippen molar-refractivity contribution in [2.24, 2.45) is 0 Å². The third-order valence-corrected chi connectivity index (χ3v) is 2.19. The van der Waals surface area contributed by atoms with Gasteiger partial charge in [0.25, 0.3) is 0 Å². The highest BCUT2D eigenvalue weighted by molar-refractivity contribution is 5.48. The van der Waals surface area contributed by atoms with Gasteiger partial charge in [-0.15, -0.1) is 0 Å². The Balaban J connectivity index is 0.000000337. The Labute approximate surface area is 92.0 Å². The van der Waals surface area contributed by atoms with Crippen LogP contribution in [-0.4, -0.2) is 9.38 Å². The molecular weight excluding hydrogens is 184 g/mol. The molecule has 2 aromatic heterocycles. The Kier molecular flexibility index (Phi) is 4.35. The lowest BCUT2D eigenvalue weighted by atomic mass is 10.2. The number of aromatic nitrogens is 2. The Morgan fingerprint density at radius 3 is 2.53 bits per heavy atom.